The van der Waals surface area contributed by atoms with Crippen molar-refractivity contribution < 1.29 is 9.53 Å². The quantitative estimate of drug-likeness (QED) is 0.232. The van der Waals surface area contributed by atoms with Crippen LogP contribution in [0.5, 0.6) is 5.75 Å². The number of carbonyl (C=O) groups is 1. The first-order chi connectivity index (χ1) is 14.8. The summed E-state index contributed by atoms with van der Waals surface area (Å²) >= 11 is 19.0. The molecule has 0 saturated carbocycles. The van der Waals surface area contributed by atoms with Crippen molar-refractivity contribution in [2.75, 3.05) is 5.32 Å². The molecule has 3 aromatic rings. The van der Waals surface area contributed by atoms with Crippen molar-refractivity contribution in [1.29, 1.82) is 0 Å². The molecule has 31 heavy (non-hydrogen) atoms. The second-order valence-electron chi connectivity index (χ2n) is 6.50. The van der Waals surface area contributed by atoms with Crippen molar-refractivity contribution in [2.24, 2.45) is 5.10 Å². The van der Waals surface area contributed by atoms with E-state index >= 15 is 0 Å². The number of nitrogens with one attached hydrogen (secondary N) is 2. The molecule has 0 heterocycles. The molecule has 0 aromatic heterocycles. The van der Waals surface area contributed by atoms with Gasteiger partial charge >= 0.3 is 6.03 Å². The van der Waals surface area contributed by atoms with Crippen LogP contribution in [0.15, 0.2) is 68.6 Å². The molecule has 2 N–H and O–H groups in total. The molecular formula is C22H17Br2Cl2N3O2. The molecule has 0 fully saturated rings. The average molecular weight is 586 g/mol. The van der Waals surface area contributed by atoms with Crippen LogP contribution in [-0.2, 0) is 6.61 Å². The van der Waals surface area contributed by atoms with E-state index in [0.717, 1.165) is 25.6 Å². The average Bonchev–Trinajstić information content (AvgIpc) is 2.71. The van der Waals surface area contributed by atoms with Crippen molar-refractivity contribution in [3.05, 3.63) is 90.3 Å². The van der Waals surface area contributed by atoms with Crippen LogP contribution in [0.1, 0.15) is 16.7 Å². The molecular weight excluding hydrogens is 569 g/mol. The van der Waals surface area contributed by atoms with Crippen molar-refractivity contribution >= 4 is 73.0 Å². The number of amides is 2. The van der Waals surface area contributed by atoms with Gasteiger partial charge in [-0.2, -0.15) is 5.10 Å². The van der Waals surface area contributed by atoms with Crippen LogP contribution in [0.3, 0.4) is 0 Å². The predicted octanol–water partition coefficient (Wildman–Crippen LogP) is 7.56. The highest BCUT2D eigenvalue weighted by atomic mass is 79.9. The van der Waals surface area contributed by atoms with Gasteiger partial charge < -0.3 is 10.1 Å². The van der Waals surface area contributed by atoms with Gasteiger partial charge in [-0.05, 0) is 82.5 Å². The van der Waals surface area contributed by atoms with Crippen molar-refractivity contribution in [1.82, 2.24) is 5.43 Å². The summed E-state index contributed by atoms with van der Waals surface area (Å²) in [6.45, 7) is 2.25. The normalized spacial score (nSPS) is 10.9. The molecule has 0 saturated heterocycles. The fourth-order valence-corrected chi connectivity index (χ4v) is 3.78. The number of carbonyl (C=O) groups excluding carboxylic acids is 1. The molecule has 0 bridgehead atoms. The first-order valence-corrected chi connectivity index (χ1v) is 11.4. The summed E-state index contributed by atoms with van der Waals surface area (Å²) in [5, 5.41) is 7.83. The van der Waals surface area contributed by atoms with Crippen LogP contribution < -0.4 is 15.5 Å². The zero-order valence-corrected chi connectivity index (χ0v) is 20.9. The summed E-state index contributed by atoms with van der Waals surface area (Å²) in [7, 11) is 0. The van der Waals surface area contributed by atoms with Gasteiger partial charge in [-0.25, -0.2) is 10.2 Å². The number of urea groups is 1. The minimum atomic E-state index is -0.433. The summed E-state index contributed by atoms with van der Waals surface area (Å²) in [6, 6.07) is 15.8. The van der Waals surface area contributed by atoms with E-state index in [4.69, 9.17) is 27.9 Å². The molecule has 0 unspecified atom stereocenters. The number of hydrazone groups is 1. The van der Waals surface area contributed by atoms with E-state index in [0.29, 0.717) is 28.1 Å². The van der Waals surface area contributed by atoms with E-state index in [1.807, 2.05) is 37.3 Å². The van der Waals surface area contributed by atoms with Gasteiger partial charge in [0.15, 0.2) is 0 Å². The van der Waals surface area contributed by atoms with E-state index < -0.39 is 6.03 Å². The summed E-state index contributed by atoms with van der Waals surface area (Å²) in [5.41, 5.74) is 5.75. The lowest BCUT2D eigenvalue weighted by Gasteiger charge is -2.10. The highest BCUT2D eigenvalue weighted by molar-refractivity contribution is 9.10. The molecule has 0 atom stereocenters. The van der Waals surface area contributed by atoms with Crippen LogP contribution in [-0.4, -0.2) is 12.2 Å². The molecule has 0 spiro atoms. The Bertz CT molecular complexity index is 1140. The third-order valence-electron chi connectivity index (χ3n) is 4.15. The second-order valence-corrected chi connectivity index (χ2v) is 9.05. The first kappa shape index (κ1) is 23.6. The molecule has 0 aliphatic carbocycles. The minimum absolute atomic E-state index is 0.305. The van der Waals surface area contributed by atoms with Crippen LogP contribution in [0.4, 0.5) is 10.5 Å². The van der Waals surface area contributed by atoms with Gasteiger partial charge in [0, 0.05) is 25.8 Å². The Morgan fingerprint density at radius 1 is 1.06 bits per heavy atom. The highest BCUT2D eigenvalue weighted by Crippen LogP contribution is 2.28. The van der Waals surface area contributed by atoms with Gasteiger partial charge in [0.25, 0.3) is 0 Å². The summed E-state index contributed by atoms with van der Waals surface area (Å²) in [6.07, 6.45) is 1.54. The maximum Gasteiger partial charge on any atom is 0.339 e. The summed E-state index contributed by atoms with van der Waals surface area (Å²) < 4.78 is 7.55. The zero-order valence-electron chi connectivity index (χ0n) is 16.3. The largest absolute Gasteiger partial charge is 0.488 e. The van der Waals surface area contributed by atoms with E-state index in [9.17, 15) is 4.79 Å². The van der Waals surface area contributed by atoms with Crippen LogP contribution >= 0.6 is 55.1 Å². The lowest BCUT2D eigenvalue weighted by molar-refractivity contribution is 0.252. The Balaban J connectivity index is 1.54. The second kappa shape index (κ2) is 11.0. The maximum atomic E-state index is 12.0. The third kappa shape index (κ3) is 6.97. The zero-order chi connectivity index (χ0) is 22.4. The number of ether oxygens (including phenoxy) is 1. The standard InChI is InChI=1S/C22H17Br2Cl2N3O2/c1-13-8-17(5-6-18(13)23)28-22(30)29-27-11-14-2-7-21(19(24)9-14)31-12-15-3-4-16(25)10-20(15)26/h2-11H,12H2,1H3,(H2,28,29,30)/b27-11+. The van der Waals surface area contributed by atoms with Gasteiger partial charge in [0.2, 0.25) is 0 Å². The minimum Gasteiger partial charge on any atom is -0.488 e. The van der Waals surface area contributed by atoms with Crippen LogP contribution in [0.25, 0.3) is 0 Å². The fourth-order valence-electron chi connectivity index (χ4n) is 2.56. The number of hydrogen-bond donors (Lipinski definition) is 2. The number of hydrogen-bond acceptors (Lipinski definition) is 3. The highest BCUT2D eigenvalue weighted by Gasteiger charge is 2.06. The Hall–Kier alpha value is -2.06. The number of anilines is 1. The molecule has 0 radical (unpaired) electrons. The Labute approximate surface area is 207 Å². The van der Waals surface area contributed by atoms with E-state index in [2.05, 4.69) is 47.7 Å². The molecule has 160 valence electrons. The lowest BCUT2D eigenvalue weighted by atomic mass is 10.2. The molecule has 0 aliphatic heterocycles. The summed E-state index contributed by atoms with van der Waals surface area (Å²) in [5.74, 6) is 0.652. The molecule has 3 rings (SSSR count). The van der Waals surface area contributed by atoms with Gasteiger partial charge in [0.1, 0.15) is 12.4 Å². The molecule has 3 aromatic carbocycles. The molecule has 5 nitrogen and oxygen atoms in total. The number of nitrogens with zero attached hydrogens (tertiary/aromatic N) is 1. The topological polar surface area (TPSA) is 62.7 Å². The van der Waals surface area contributed by atoms with E-state index in [-0.39, 0.29) is 0 Å². The molecule has 2 amide bonds. The Kier molecular flexibility index (Phi) is 8.37. The van der Waals surface area contributed by atoms with Crippen LogP contribution in [0.2, 0.25) is 10.0 Å². The van der Waals surface area contributed by atoms with Gasteiger partial charge in [-0.1, -0.05) is 45.2 Å². The van der Waals surface area contributed by atoms with Crippen molar-refractivity contribution in [2.45, 2.75) is 13.5 Å². The third-order valence-corrected chi connectivity index (χ3v) is 6.25. The van der Waals surface area contributed by atoms with E-state index in [1.165, 1.54) is 6.21 Å². The summed E-state index contributed by atoms with van der Waals surface area (Å²) in [4.78, 5) is 12.0. The van der Waals surface area contributed by atoms with Crippen molar-refractivity contribution in [3.8, 4) is 5.75 Å². The van der Waals surface area contributed by atoms with Gasteiger partial charge in [-0.3, -0.25) is 0 Å². The van der Waals surface area contributed by atoms with Crippen LogP contribution in [0, 0.1) is 6.92 Å². The maximum absolute atomic E-state index is 12.0. The molecule has 9 heteroatoms. The Morgan fingerprint density at radius 3 is 2.58 bits per heavy atom. The fraction of sp³-hybridized carbons (Fsp3) is 0.0909. The van der Waals surface area contributed by atoms with Crippen molar-refractivity contribution in [3.63, 3.8) is 0 Å². The number of aryl methyl sites for hydroxylation is 1. The van der Waals surface area contributed by atoms with E-state index in [1.54, 1.807) is 24.3 Å². The van der Waals surface area contributed by atoms with Gasteiger partial charge in [-0.15, -0.1) is 0 Å². The number of benzene rings is 3. The monoisotopic (exact) mass is 583 g/mol. The Morgan fingerprint density at radius 2 is 1.87 bits per heavy atom. The SMILES string of the molecule is Cc1cc(NC(=O)N/N=C/c2ccc(OCc3ccc(Cl)cc3Cl)c(Br)c2)ccc1Br. The first-order valence-electron chi connectivity index (χ1n) is 9.04. The van der Waals surface area contributed by atoms with Gasteiger partial charge in [0.05, 0.1) is 10.7 Å². The lowest BCUT2D eigenvalue weighted by Crippen LogP contribution is -2.24. The molecule has 0 aliphatic rings. The predicted molar refractivity (Wildman–Crippen MR) is 134 cm³/mol. The number of rotatable bonds is 6. The number of halogens is 4. The smallest absolute Gasteiger partial charge is 0.339 e.